The van der Waals surface area contributed by atoms with Gasteiger partial charge >= 0.3 is 0 Å². The normalized spacial score (nSPS) is 10.3. The maximum atomic E-state index is 12.5. The Bertz CT molecular complexity index is 658. The highest BCUT2D eigenvalue weighted by Gasteiger charge is 2.16. The number of carbonyl (C=O) groups is 1. The standard InChI is InChI=1S/C16H16Cl2N2O/c1-19-15-6-4-3-5-13(15)16(21)20(2)10-11-7-8-12(17)9-14(11)18/h3-9,19H,10H2,1-2H3. The average molecular weight is 323 g/mol. The molecule has 5 heteroatoms. The van der Waals surface area contributed by atoms with Crippen LogP contribution in [-0.2, 0) is 6.54 Å². The molecule has 2 aromatic carbocycles. The lowest BCUT2D eigenvalue weighted by Crippen LogP contribution is -2.27. The number of hydrogen-bond acceptors (Lipinski definition) is 2. The van der Waals surface area contributed by atoms with Crippen molar-refractivity contribution in [2.24, 2.45) is 0 Å². The highest BCUT2D eigenvalue weighted by molar-refractivity contribution is 6.35. The van der Waals surface area contributed by atoms with Gasteiger partial charge in [0.05, 0.1) is 5.56 Å². The van der Waals surface area contributed by atoms with Gasteiger partial charge in [0.15, 0.2) is 0 Å². The second-order valence-corrected chi connectivity index (χ2v) is 5.54. The van der Waals surface area contributed by atoms with Crippen molar-refractivity contribution >= 4 is 34.8 Å². The van der Waals surface area contributed by atoms with E-state index >= 15 is 0 Å². The van der Waals surface area contributed by atoms with Gasteiger partial charge in [-0.2, -0.15) is 0 Å². The van der Waals surface area contributed by atoms with E-state index in [1.54, 1.807) is 37.2 Å². The molecular weight excluding hydrogens is 307 g/mol. The molecule has 0 fully saturated rings. The molecule has 0 atom stereocenters. The van der Waals surface area contributed by atoms with Crippen molar-refractivity contribution in [1.82, 2.24) is 4.90 Å². The molecule has 3 nitrogen and oxygen atoms in total. The van der Waals surface area contributed by atoms with Gasteiger partial charge in [-0.05, 0) is 29.8 Å². The van der Waals surface area contributed by atoms with Gasteiger partial charge in [0.2, 0.25) is 0 Å². The van der Waals surface area contributed by atoms with Crippen molar-refractivity contribution in [2.75, 3.05) is 19.4 Å². The first-order valence-corrected chi connectivity index (χ1v) is 7.24. The van der Waals surface area contributed by atoms with E-state index < -0.39 is 0 Å². The molecule has 21 heavy (non-hydrogen) atoms. The molecule has 0 unspecified atom stereocenters. The first kappa shape index (κ1) is 15.7. The first-order chi connectivity index (χ1) is 10.0. The van der Waals surface area contributed by atoms with Crippen molar-refractivity contribution in [1.29, 1.82) is 0 Å². The second-order valence-electron chi connectivity index (χ2n) is 4.69. The van der Waals surface area contributed by atoms with E-state index in [0.29, 0.717) is 22.2 Å². The fourth-order valence-corrected chi connectivity index (χ4v) is 2.54. The van der Waals surface area contributed by atoms with Crippen LogP contribution >= 0.6 is 23.2 Å². The molecule has 0 radical (unpaired) electrons. The minimum atomic E-state index is -0.0639. The van der Waals surface area contributed by atoms with Crippen LogP contribution in [0.1, 0.15) is 15.9 Å². The molecule has 2 aromatic rings. The van der Waals surface area contributed by atoms with Crippen LogP contribution in [0.4, 0.5) is 5.69 Å². The molecule has 0 aliphatic carbocycles. The molecule has 0 aliphatic heterocycles. The molecule has 2 rings (SSSR count). The largest absolute Gasteiger partial charge is 0.387 e. The first-order valence-electron chi connectivity index (χ1n) is 6.49. The Morgan fingerprint density at radius 1 is 1.19 bits per heavy atom. The lowest BCUT2D eigenvalue weighted by molar-refractivity contribution is 0.0786. The Hall–Kier alpha value is -1.71. The molecule has 0 aromatic heterocycles. The van der Waals surface area contributed by atoms with Crippen LogP contribution in [-0.4, -0.2) is 24.9 Å². The number of benzene rings is 2. The second kappa shape index (κ2) is 6.83. The van der Waals surface area contributed by atoms with Crippen LogP contribution in [0.15, 0.2) is 42.5 Å². The van der Waals surface area contributed by atoms with E-state index in [1.807, 2.05) is 24.3 Å². The van der Waals surface area contributed by atoms with Gasteiger partial charge in [0.25, 0.3) is 5.91 Å². The molecule has 1 N–H and O–H groups in total. The monoisotopic (exact) mass is 322 g/mol. The minimum Gasteiger partial charge on any atom is -0.387 e. The summed E-state index contributed by atoms with van der Waals surface area (Å²) in [5, 5.41) is 4.16. The zero-order chi connectivity index (χ0) is 15.4. The van der Waals surface area contributed by atoms with Crippen molar-refractivity contribution in [3.8, 4) is 0 Å². The maximum absolute atomic E-state index is 12.5. The fourth-order valence-electron chi connectivity index (χ4n) is 2.07. The summed E-state index contributed by atoms with van der Waals surface area (Å²) in [4.78, 5) is 14.2. The third-order valence-electron chi connectivity index (χ3n) is 3.20. The number of amides is 1. The lowest BCUT2D eigenvalue weighted by atomic mass is 10.1. The van der Waals surface area contributed by atoms with Gasteiger partial charge in [0, 0.05) is 36.4 Å². The molecule has 0 spiro atoms. The zero-order valence-electron chi connectivity index (χ0n) is 11.9. The Labute approximate surface area is 134 Å². The fraction of sp³-hybridized carbons (Fsp3) is 0.188. The van der Waals surface area contributed by atoms with Gasteiger partial charge in [-0.15, -0.1) is 0 Å². The predicted octanol–water partition coefficient (Wildman–Crippen LogP) is 4.31. The summed E-state index contributed by atoms with van der Waals surface area (Å²) >= 11 is 12.0. The topological polar surface area (TPSA) is 32.3 Å². The molecular formula is C16H16Cl2N2O. The van der Waals surface area contributed by atoms with Crippen LogP contribution < -0.4 is 5.32 Å². The van der Waals surface area contributed by atoms with Gasteiger partial charge in [0.1, 0.15) is 0 Å². The number of hydrogen-bond donors (Lipinski definition) is 1. The highest BCUT2D eigenvalue weighted by atomic mass is 35.5. The number of anilines is 1. The average Bonchev–Trinajstić information content (AvgIpc) is 2.49. The van der Waals surface area contributed by atoms with Gasteiger partial charge in [-0.1, -0.05) is 41.4 Å². The Morgan fingerprint density at radius 3 is 2.57 bits per heavy atom. The Balaban J connectivity index is 2.19. The summed E-state index contributed by atoms with van der Waals surface area (Å²) in [7, 11) is 3.54. The molecule has 110 valence electrons. The van der Waals surface area contributed by atoms with Gasteiger partial charge in [-0.25, -0.2) is 0 Å². The minimum absolute atomic E-state index is 0.0639. The summed E-state index contributed by atoms with van der Waals surface area (Å²) in [5.74, 6) is -0.0639. The van der Waals surface area contributed by atoms with E-state index in [-0.39, 0.29) is 5.91 Å². The molecule has 0 heterocycles. The summed E-state index contributed by atoms with van der Waals surface area (Å²) in [6.07, 6.45) is 0. The van der Waals surface area contributed by atoms with E-state index in [2.05, 4.69) is 5.32 Å². The third-order valence-corrected chi connectivity index (χ3v) is 3.78. The summed E-state index contributed by atoms with van der Waals surface area (Å²) < 4.78 is 0. The lowest BCUT2D eigenvalue weighted by Gasteiger charge is -2.19. The predicted molar refractivity (Wildman–Crippen MR) is 88.2 cm³/mol. The number of carbonyl (C=O) groups excluding carboxylic acids is 1. The number of rotatable bonds is 4. The van der Waals surface area contributed by atoms with Gasteiger partial charge < -0.3 is 10.2 Å². The quantitative estimate of drug-likeness (QED) is 0.909. The van der Waals surface area contributed by atoms with E-state index in [0.717, 1.165) is 11.3 Å². The third kappa shape index (κ3) is 3.69. The molecule has 0 saturated heterocycles. The van der Waals surface area contributed by atoms with Crippen LogP contribution in [0.3, 0.4) is 0 Å². The van der Waals surface area contributed by atoms with Crippen molar-refractivity contribution in [3.05, 3.63) is 63.6 Å². The maximum Gasteiger partial charge on any atom is 0.255 e. The van der Waals surface area contributed by atoms with Crippen LogP contribution in [0.5, 0.6) is 0 Å². The van der Waals surface area contributed by atoms with Gasteiger partial charge in [-0.3, -0.25) is 4.79 Å². The van der Waals surface area contributed by atoms with Crippen LogP contribution in [0.2, 0.25) is 10.0 Å². The molecule has 1 amide bonds. The molecule has 0 aliphatic rings. The molecule has 0 bridgehead atoms. The van der Waals surface area contributed by atoms with Crippen molar-refractivity contribution in [2.45, 2.75) is 6.54 Å². The number of halogens is 2. The smallest absolute Gasteiger partial charge is 0.255 e. The number of nitrogens with zero attached hydrogens (tertiary/aromatic N) is 1. The van der Waals surface area contributed by atoms with Crippen LogP contribution in [0, 0.1) is 0 Å². The molecule has 0 saturated carbocycles. The summed E-state index contributed by atoms with van der Waals surface area (Å²) in [6.45, 7) is 0.423. The van der Waals surface area contributed by atoms with Crippen molar-refractivity contribution in [3.63, 3.8) is 0 Å². The highest BCUT2D eigenvalue weighted by Crippen LogP contribution is 2.23. The zero-order valence-corrected chi connectivity index (χ0v) is 13.4. The van der Waals surface area contributed by atoms with E-state index in [1.165, 1.54) is 0 Å². The number of para-hydroxylation sites is 1. The number of nitrogens with one attached hydrogen (secondary N) is 1. The Kier molecular flexibility index (Phi) is 5.10. The van der Waals surface area contributed by atoms with Crippen molar-refractivity contribution < 1.29 is 4.79 Å². The summed E-state index contributed by atoms with van der Waals surface area (Å²) in [6, 6.07) is 12.7. The van der Waals surface area contributed by atoms with E-state index in [9.17, 15) is 4.79 Å². The van der Waals surface area contributed by atoms with Crippen LogP contribution in [0.25, 0.3) is 0 Å². The summed E-state index contributed by atoms with van der Waals surface area (Å²) in [5.41, 5.74) is 2.29. The van der Waals surface area contributed by atoms with E-state index in [4.69, 9.17) is 23.2 Å². The SMILES string of the molecule is CNc1ccccc1C(=O)N(C)Cc1ccc(Cl)cc1Cl. The Morgan fingerprint density at radius 2 is 1.90 bits per heavy atom.